The summed E-state index contributed by atoms with van der Waals surface area (Å²) in [6.07, 6.45) is 4.36. The molecule has 0 bridgehead atoms. The number of rotatable bonds is 9. The molecule has 2 amide bonds. The van der Waals surface area contributed by atoms with E-state index in [9.17, 15) is 9.59 Å². The molecule has 0 spiro atoms. The van der Waals surface area contributed by atoms with Crippen LogP contribution in [-0.2, 0) is 14.3 Å². The largest absolute Gasteiger partial charge is 0.474 e. The van der Waals surface area contributed by atoms with Crippen LogP contribution in [0, 0.1) is 5.92 Å². The van der Waals surface area contributed by atoms with Gasteiger partial charge in [0.2, 0.25) is 5.91 Å². The summed E-state index contributed by atoms with van der Waals surface area (Å²) in [5, 5.41) is 4.21. The maximum Gasteiger partial charge on any atom is 0.261 e. The number of thiophene rings is 1. The average Bonchev–Trinajstić information content (AvgIpc) is 3.27. The van der Waals surface area contributed by atoms with Crippen molar-refractivity contribution in [2.45, 2.75) is 37.8 Å². The van der Waals surface area contributed by atoms with E-state index in [1.165, 1.54) is 11.3 Å². The van der Waals surface area contributed by atoms with Crippen LogP contribution in [0.4, 0.5) is 5.69 Å². The van der Waals surface area contributed by atoms with Crippen LogP contribution in [0.3, 0.4) is 0 Å². The van der Waals surface area contributed by atoms with Crippen LogP contribution in [0.1, 0.15) is 25.7 Å². The fraction of sp³-hybridized carbons (Fsp3) is 0.520. The Bertz CT molecular complexity index is 949. The molecule has 0 radical (unpaired) electrons. The lowest BCUT2D eigenvalue weighted by atomic mass is 9.85. The van der Waals surface area contributed by atoms with Crippen LogP contribution in [0.5, 0.6) is 5.06 Å². The zero-order valence-electron chi connectivity index (χ0n) is 19.5. The predicted octanol–water partition coefficient (Wildman–Crippen LogP) is 4.14. The molecule has 1 N–H and O–H groups in total. The highest BCUT2D eigenvalue weighted by Crippen LogP contribution is 2.29. The van der Waals surface area contributed by atoms with E-state index in [-0.39, 0.29) is 25.0 Å². The van der Waals surface area contributed by atoms with E-state index in [1.807, 2.05) is 23.1 Å². The number of ether oxygens (including phenoxy) is 2. The summed E-state index contributed by atoms with van der Waals surface area (Å²) in [6, 6.07) is 13.6. The fourth-order valence-corrected chi connectivity index (χ4v) is 5.67. The highest BCUT2D eigenvalue weighted by atomic mass is 35.5. The van der Waals surface area contributed by atoms with Gasteiger partial charge >= 0.3 is 0 Å². The lowest BCUT2D eigenvalue weighted by Crippen LogP contribution is -2.61. The van der Waals surface area contributed by atoms with E-state index in [2.05, 4.69) is 17.4 Å². The second-order valence-corrected chi connectivity index (χ2v) is 10.6. The molecule has 34 heavy (non-hydrogen) atoms. The molecule has 2 aromatic rings. The van der Waals surface area contributed by atoms with Crippen molar-refractivity contribution in [1.29, 1.82) is 0 Å². The molecule has 184 valence electrons. The number of methoxy groups -OCH3 is 1. The van der Waals surface area contributed by atoms with Gasteiger partial charge in [-0.2, -0.15) is 0 Å². The molecule has 1 aliphatic heterocycles. The number of para-hydroxylation sites is 1. The Morgan fingerprint density at radius 3 is 2.56 bits per heavy atom. The number of anilines is 1. The standard InChI is InChI=1S/C25H32ClN3O4S/c1-32-16-21-25(31)28(13-14-29(21)23(30)17-33-24-12-11-22(26)34-24)15-18-7-9-20(10-8-18)27-19-5-3-2-4-6-19/h2-6,11-12,18,20-21,27H,7-10,13-17H2,1H3/t18-,20+,21-/m0/s1. The molecule has 1 saturated heterocycles. The van der Waals surface area contributed by atoms with Gasteiger partial charge in [0, 0.05) is 38.5 Å². The summed E-state index contributed by atoms with van der Waals surface area (Å²) >= 11 is 7.20. The first kappa shape index (κ1) is 24.8. The van der Waals surface area contributed by atoms with Crippen molar-refractivity contribution in [3.63, 3.8) is 0 Å². The number of halogens is 1. The third-order valence-corrected chi connectivity index (χ3v) is 7.73. The zero-order chi connectivity index (χ0) is 23.9. The Hall–Kier alpha value is -2.29. The van der Waals surface area contributed by atoms with Gasteiger partial charge in [-0.15, -0.1) is 0 Å². The van der Waals surface area contributed by atoms with Crippen molar-refractivity contribution in [3.05, 3.63) is 46.8 Å². The van der Waals surface area contributed by atoms with Crippen molar-refractivity contribution < 1.29 is 19.1 Å². The van der Waals surface area contributed by atoms with Crippen molar-refractivity contribution in [3.8, 4) is 5.06 Å². The quantitative estimate of drug-likeness (QED) is 0.554. The Kier molecular flexibility index (Phi) is 8.69. The van der Waals surface area contributed by atoms with Gasteiger partial charge in [-0.05, 0) is 55.9 Å². The first-order valence-corrected chi connectivity index (χ1v) is 13.0. The number of carbonyl (C=O) groups excluding carboxylic acids is 2. The lowest BCUT2D eigenvalue weighted by Gasteiger charge is -2.42. The zero-order valence-corrected chi connectivity index (χ0v) is 21.0. The summed E-state index contributed by atoms with van der Waals surface area (Å²) in [6.45, 7) is 1.82. The van der Waals surface area contributed by atoms with E-state index >= 15 is 0 Å². The normalized spacial score (nSPS) is 23.1. The summed E-state index contributed by atoms with van der Waals surface area (Å²) in [5.41, 5.74) is 1.16. The van der Waals surface area contributed by atoms with E-state index in [0.29, 0.717) is 34.4 Å². The summed E-state index contributed by atoms with van der Waals surface area (Å²) < 4.78 is 11.5. The van der Waals surface area contributed by atoms with Gasteiger partial charge in [-0.25, -0.2) is 0 Å². The average molecular weight is 506 g/mol. The molecule has 2 aliphatic rings. The number of nitrogens with zero attached hydrogens (tertiary/aromatic N) is 2. The van der Waals surface area contributed by atoms with Crippen LogP contribution in [0.2, 0.25) is 4.34 Å². The maximum absolute atomic E-state index is 13.3. The van der Waals surface area contributed by atoms with Crippen LogP contribution >= 0.6 is 22.9 Å². The Labute approximate surface area is 210 Å². The monoisotopic (exact) mass is 505 g/mol. The number of hydrogen-bond donors (Lipinski definition) is 1. The van der Waals surface area contributed by atoms with Gasteiger partial charge in [0.1, 0.15) is 6.04 Å². The van der Waals surface area contributed by atoms with Gasteiger partial charge < -0.3 is 24.6 Å². The van der Waals surface area contributed by atoms with E-state index in [0.717, 1.165) is 37.9 Å². The third kappa shape index (κ3) is 6.43. The minimum Gasteiger partial charge on any atom is -0.474 e. The first-order valence-electron chi connectivity index (χ1n) is 11.8. The molecule has 1 aromatic carbocycles. The number of benzene rings is 1. The maximum atomic E-state index is 13.3. The highest BCUT2D eigenvalue weighted by molar-refractivity contribution is 7.17. The fourth-order valence-electron chi connectivity index (χ4n) is 4.80. The van der Waals surface area contributed by atoms with E-state index < -0.39 is 6.04 Å². The number of nitrogens with one attached hydrogen (secondary N) is 1. The van der Waals surface area contributed by atoms with Crippen molar-refractivity contribution in [2.24, 2.45) is 5.92 Å². The molecule has 1 saturated carbocycles. The van der Waals surface area contributed by atoms with Crippen molar-refractivity contribution >= 4 is 40.4 Å². The number of hydrogen-bond acceptors (Lipinski definition) is 6. The second-order valence-electron chi connectivity index (χ2n) is 8.92. The number of amides is 2. The van der Waals surface area contributed by atoms with Crippen LogP contribution < -0.4 is 10.1 Å². The molecule has 7 nitrogen and oxygen atoms in total. The van der Waals surface area contributed by atoms with E-state index in [4.69, 9.17) is 21.1 Å². The Morgan fingerprint density at radius 1 is 1.12 bits per heavy atom. The molecule has 9 heteroatoms. The molecule has 4 rings (SSSR count). The molecule has 2 fully saturated rings. The van der Waals surface area contributed by atoms with Gasteiger partial charge in [-0.1, -0.05) is 41.1 Å². The summed E-state index contributed by atoms with van der Waals surface area (Å²) in [5.74, 6) is 0.229. The van der Waals surface area contributed by atoms with Crippen LogP contribution in [0.15, 0.2) is 42.5 Å². The predicted molar refractivity (Wildman–Crippen MR) is 135 cm³/mol. The van der Waals surface area contributed by atoms with Gasteiger partial charge in [0.05, 0.1) is 10.9 Å². The minimum atomic E-state index is -0.613. The first-order chi connectivity index (χ1) is 16.5. The van der Waals surface area contributed by atoms with Gasteiger partial charge in [-0.3, -0.25) is 9.59 Å². The molecular weight excluding hydrogens is 474 g/mol. The second kappa shape index (κ2) is 11.9. The van der Waals surface area contributed by atoms with Crippen LogP contribution in [-0.4, -0.2) is 73.7 Å². The Balaban J connectivity index is 1.27. The summed E-state index contributed by atoms with van der Waals surface area (Å²) in [4.78, 5) is 29.6. The topological polar surface area (TPSA) is 71.1 Å². The number of carbonyl (C=O) groups is 2. The molecule has 2 heterocycles. The number of piperazine rings is 1. The minimum absolute atomic E-state index is 0.0369. The lowest BCUT2D eigenvalue weighted by molar-refractivity contribution is -0.155. The molecular formula is C25H32ClN3O4S. The molecule has 0 unspecified atom stereocenters. The Morgan fingerprint density at radius 2 is 1.88 bits per heavy atom. The molecule has 1 atom stereocenters. The smallest absolute Gasteiger partial charge is 0.261 e. The molecule has 1 aromatic heterocycles. The van der Waals surface area contributed by atoms with Gasteiger partial charge in [0.25, 0.3) is 5.91 Å². The third-order valence-electron chi connectivity index (χ3n) is 6.59. The van der Waals surface area contributed by atoms with E-state index in [1.54, 1.807) is 24.1 Å². The molecule has 1 aliphatic carbocycles. The van der Waals surface area contributed by atoms with Gasteiger partial charge in [0.15, 0.2) is 11.7 Å². The highest BCUT2D eigenvalue weighted by Gasteiger charge is 2.38. The van der Waals surface area contributed by atoms with Crippen LogP contribution in [0.25, 0.3) is 0 Å². The van der Waals surface area contributed by atoms with Crippen molar-refractivity contribution in [1.82, 2.24) is 9.80 Å². The summed E-state index contributed by atoms with van der Waals surface area (Å²) in [7, 11) is 1.56. The SMILES string of the molecule is COC[C@H]1C(=O)N(C[C@H]2CC[C@@H](Nc3ccccc3)CC2)CCN1C(=O)COc1ccc(Cl)s1. The van der Waals surface area contributed by atoms with Crippen molar-refractivity contribution in [2.75, 3.05) is 45.3 Å².